The number of nitrogens with one attached hydrogen (secondary N) is 1. The lowest BCUT2D eigenvalue weighted by atomic mass is 10.0. The number of nitrogen functional groups attached to an aromatic ring is 1. The average Bonchev–Trinajstić information content (AvgIpc) is 2.02. The third-order valence-corrected chi connectivity index (χ3v) is 2.49. The second-order valence-electron chi connectivity index (χ2n) is 3.36. The Morgan fingerprint density at radius 1 is 1.38 bits per heavy atom. The average molecular weight is 243 g/mol. The van der Waals surface area contributed by atoms with E-state index in [9.17, 15) is 0 Å². The van der Waals surface area contributed by atoms with Gasteiger partial charge in [0.05, 0.1) is 11.4 Å². The van der Waals surface area contributed by atoms with Crippen molar-refractivity contribution >= 4 is 27.3 Å². The minimum Gasteiger partial charge on any atom is -0.397 e. The Hall–Kier alpha value is -0.700. The van der Waals surface area contributed by atoms with Crippen LogP contribution in [0, 0.1) is 0 Å². The van der Waals surface area contributed by atoms with Crippen LogP contribution in [0.3, 0.4) is 0 Å². The zero-order valence-electron chi connectivity index (χ0n) is 8.19. The molecule has 3 N–H and O–H groups in total. The Kier molecular flexibility index (Phi) is 3.20. The monoisotopic (exact) mass is 242 g/mol. The maximum absolute atomic E-state index is 5.88. The summed E-state index contributed by atoms with van der Waals surface area (Å²) in [5, 5.41) is 3.13. The van der Waals surface area contributed by atoms with Crippen molar-refractivity contribution in [2.24, 2.45) is 0 Å². The Balaban J connectivity index is 3.29. The molecule has 0 bridgehead atoms. The minimum absolute atomic E-state index is 0.474. The lowest BCUT2D eigenvalue weighted by Crippen LogP contribution is -2.02. The van der Waals surface area contributed by atoms with Crippen LogP contribution in [0.5, 0.6) is 0 Å². The van der Waals surface area contributed by atoms with Crippen LogP contribution in [0.25, 0.3) is 0 Å². The molecule has 0 unspecified atom stereocenters. The summed E-state index contributed by atoms with van der Waals surface area (Å²) in [5.74, 6) is 0.474. The molecular weight excluding hydrogens is 228 g/mol. The molecule has 3 heteroatoms. The fourth-order valence-corrected chi connectivity index (χ4v) is 1.89. The molecular formula is C10H15BrN2. The summed E-state index contributed by atoms with van der Waals surface area (Å²) in [4.78, 5) is 0. The molecule has 0 amide bonds. The molecule has 0 aromatic heterocycles. The predicted octanol–water partition coefficient (Wildman–Crippen LogP) is 3.20. The van der Waals surface area contributed by atoms with E-state index in [1.807, 2.05) is 13.1 Å². The Bertz CT molecular complexity index is 308. The van der Waals surface area contributed by atoms with Crippen LogP contribution in [0.1, 0.15) is 25.3 Å². The smallest absolute Gasteiger partial charge is 0.0607 e. The van der Waals surface area contributed by atoms with Crippen molar-refractivity contribution in [2.45, 2.75) is 19.8 Å². The summed E-state index contributed by atoms with van der Waals surface area (Å²) in [5.41, 5.74) is 8.96. The van der Waals surface area contributed by atoms with Gasteiger partial charge in [0.15, 0.2) is 0 Å². The van der Waals surface area contributed by atoms with E-state index >= 15 is 0 Å². The topological polar surface area (TPSA) is 38.0 Å². The van der Waals surface area contributed by atoms with Gasteiger partial charge in [-0.2, -0.15) is 0 Å². The van der Waals surface area contributed by atoms with Gasteiger partial charge >= 0.3 is 0 Å². The molecule has 1 rings (SSSR count). The molecule has 2 nitrogen and oxygen atoms in total. The largest absolute Gasteiger partial charge is 0.397 e. The number of hydrogen-bond acceptors (Lipinski definition) is 2. The fraction of sp³-hybridized carbons (Fsp3) is 0.400. The Morgan fingerprint density at radius 3 is 2.46 bits per heavy atom. The second kappa shape index (κ2) is 4.01. The maximum atomic E-state index is 5.88. The number of hydrogen-bond donors (Lipinski definition) is 2. The van der Waals surface area contributed by atoms with Gasteiger partial charge in [0.2, 0.25) is 0 Å². The summed E-state index contributed by atoms with van der Waals surface area (Å²) < 4.78 is 1.03. The van der Waals surface area contributed by atoms with Crippen LogP contribution in [0.15, 0.2) is 16.6 Å². The first-order valence-electron chi connectivity index (χ1n) is 4.33. The van der Waals surface area contributed by atoms with E-state index in [-0.39, 0.29) is 0 Å². The lowest BCUT2D eigenvalue weighted by Gasteiger charge is -2.15. The molecule has 0 atom stereocenters. The molecule has 0 aliphatic rings. The number of halogens is 1. The highest BCUT2D eigenvalue weighted by molar-refractivity contribution is 9.10. The first-order valence-corrected chi connectivity index (χ1v) is 5.12. The standard InChI is InChI=1S/C10H15BrN2/c1-6(2)8-4-7(11)5-9(12)10(8)13-3/h4-6,13H,12H2,1-3H3. The van der Waals surface area contributed by atoms with E-state index in [0.29, 0.717) is 5.92 Å². The summed E-state index contributed by atoms with van der Waals surface area (Å²) in [7, 11) is 1.89. The normalized spacial score (nSPS) is 10.5. The van der Waals surface area contributed by atoms with Crippen molar-refractivity contribution in [3.63, 3.8) is 0 Å². The van der Waals surface area contributed by atoms with Gasteiger partial charge in [-0.05, 0) is 23.6 Å². The fourth-order valence-electron chi connectivity index (χ4n) is 1.39. The summed E-state index contributed by atoms with van der Waals surface area (Å²) >= 11 is 3.44. The highest BCUT2D eigenvalue weighted by Gasteiger charge is 2.09. The van der Waals surface area contributed by atoms with E-state index < -0.39 is 0 Å². The SMILES string of the molecule is CNc1c(N)cc(Br)cc1C(C)C. The quantitative estimate of drug-likeness (QED) is 0.783. The molecule has 0 aliphatic heterocycles. The first kappa shape index (κ1) is 10.4. The van der Waals surface area contributed by atoms with Gasteiger partial charge in [-0.25, -0.2) is 0 Å². The van der Waals surface area contributed by atoms with Crippen molar-refractivity contribution in [3.05, 3.63) is 22.2 Å². The molecule has 1 aromatic carbocycles. The predicted molar refractivity (Wildman–Crippen MR) is 62.2 cm³/mol. The highest BCUT2D eigenvalue weighted by atomic mass is 79.9. The van der Waals surface area contributed by atoms with E-state index in [1.54, 1.807) is 0 Å². The van der Waals surface area contributed by atoms with E-state index in [0.717, 1.165) is 15.8 Å². The van der Waals surface area contributed by atoms with E-state index in [1.165, 1.54) is 5.56 Å². The molecule has 72 valence electrons. The number of rotatable bonds is 2. The van der Waals surface area contributed by atoms with Crippen LogP contribution < -0.4 is 11.1 Å². The van der Waals surface area contributed by atoms with Crippen molar-refractivity contribution in [3.8, 4) is 0 Å². The van der Waals surface area contributed by atoms with E-state index in [2.05, 4.69) is 41.2 Å². The van der Waals surface area contributed by atoms with Crippen molar-refractivity contribution in [2.75, 3.05) is 18.1 Å². The summed E-state index contributed by atoms with van der Waals surface area (Å²) in [6.45, 7) is 4.31. The Morgan fingerprint density at radius 2 is 2.00 bits per heavy atom. The molecule has 1 aromatic rings. The van der Waals surface area contributed by atoms with Crippen LogP contribution in [-0.2, 0) is 0 Å². The summed E-state index contributed by atoms with van der Waals surface area (Å²) in [6.07, 6.45) is 0. The zero-order chi connectivity index (χ0) is 10.0. The molecule has 0 aliphatic carbocycles. The first-order chi connectivity index (χ1) is 6.06. The number of anilines is 2. The van der Waals surface area contributed by atoms with Gasteiger partial charge in [0.1, 0.15) is 0 Å². The van der Waals surface area contributed by atoms with Crippen molar-refractivity contribution < 1.29 is 0 Å². The van der Waals surface area contributed by atoms with Gasteiger partial charge in [-0.3, -0.25) is 0 Å². The van der Waals surface area contributed by atoms with E-state index in [4.69, 9.17) is 5.73 Å². The summed E-state index contributed by atoms with van der Waals surface area (Å²) in [6, 6.07) is 4.02. The zero-order valence-corrected chi connectivity index (χ0v) is 9.77. The number of benzene rings is 1. The lowest BCUT2D eigenvalue weighted by molar-refractivity contribution is 0.868. The molecule has 0 radical (unpaired) electrons. The van der Waals surface area contributed by atoms with Crippen LogP contribution in [0.2, 0.25) is 0 Å². The molecule has 0 fully saturated rings. The third kappa shape index (κ3) is 2.15. The molecule has 0 spiro atoms. The molecule has 0 heterocycles. The van der Waals surface area contributed by atoms with Crippen molar-refractivity contribution in [1.82, 2.24) is 0 Å². The van der Waals surface area contributed by atoms with Crippen LogP contribution in [0.4, 0.5) is 11.4 Å². The molecule has 0 saturated carbocycles. The maximum Gasteiger partial charge on any atom is 0.0607 e. The molecule has 0 saturated heterocycles. The molecule has 13 heavy (non-hydrogen) atoms. The van der Waals surface area contributed by atoms with Gasteiger partial charge in [0, 0.05) is 11.5 Å². The number of nitrogens with two attached hydrogens (primary N) is 1. The van der Waals surface area contributed by atoms with Crippen molar-refractivity contribution in [1.29, 1.82) is 0 Å². The van der Waals surface area contributed by atoms with Gasteiger partial charge in [0.25, 0.3) is 0 Å². The van der Waals surface area contributed by atoms with Crippen LogP contribution >= 0.6 is 15.9 Å². The van der Waals surface area contributed by atoms with Crippen LogP contribution in [-0.4, -0.2) is 7.05 Å². The third-order valence-electron chi connectivity index (χ3n) is 2.04. The van der Waals surface area contributed by atoms with Gasteiger partial charge in [-0.15, -0.1) is 0 Å². The van der Waals surface area contributed by atoms with Gasteiger partial charge < -0.3 is 11.1 Å². The highest BCUT2D eigenvalue weighted by Crippen LogP contribution is 2.32. The Labute approximate surface area is 87.6 Å². The minimum atomic E-state index is 0.474. The van der Waals surface area contributed by atoms with Gasteiger partial charge in [-0.1, -0.05) is 29.8 Å². The second-order valence-corrected chi connectivity index (χ2v) is 4.28.